The molecule has 0 unspecified atom stereocenters. The molecule has 1 atom stereocenters. The zero-order valence-electron chi connectivity index (χ0n) is 19.2. The Bertz CT molecular complexity index is 991. The monoisotopic (exact) mass is 439 g/mol. The Morgan fingerprint density at radius 3 is 2.24 bits per heavy atom. The van der Waals surface area contributed by atoms with Crippen LogP contribution in [0.5, 0.6) is 0 Å². The van der Waals surface area contributed by atoms with Crippen LogP contribution in [0, 0.1) is 11.3 Å². The quantitative estimate of drug-likeness (QED) is 0.536. The molecule has 170 valence electrons. The number of hydrogen-bond donors (Lipinski definition) is 1. The van der Waals surface area contributed by atoms with Crippen LogP contribution in [0.15, 0.2) is 85.2 Å². The van der Waals surface area contributed by atoms with Gasteiger partial charge >= 0.3 is 0 Å². The van der Waals surface area contributed by atoms with Gasteiger partial charge in [-0.25, -0.2) is 0 Å². The Balaban J connectivity index is 1.11. The molecule has 1 N–H and O–H groups in total. The van der Waals surface area contributed by atoms with Crippen LogP contribution in [-0.2, 0) is 11.3 Å². The summed E-state index contributed by atoms with van der Waals surface area (Å²) >= 11 is 0. The van der Waals surface area contributed by atoms with E-state index in [1.807, 2.05) is 18.5 Å². The molecule has 1 spiro atoms. The van der Waals surface area contributed by atoms with Crippen LogP contribution >= 0.6 is 0 Å². The molecule has 4 heteroatoms. The van der Waals surface area contributed by atoms with Gasteiger partial charge in [0.2, 0.25) is 5.91 Å². The fourth-order valence-corrected chi connectivity index (χ4v) is 5.54. The zero-order chi connectivity index (χ0) is 22.5. The van der Waals surface area contributed by atoms with Crippen LogP contribution in [0.2, 0.25) is 0 Å². The number of benzene rings is 2. The first-order valence-electron chi connectivity index (χ1n) is 12.2. The molecule has 2 fully saturated rings. The molecule has 2 heterocycles. The highest BCUT2D eigenvalue weighted by atomic mass is 16.2. The number of aromatic nitrogens is 1. The predicted molar refractivity (Wildman–Crippen MR) is 132 cm³/mol. The lowest BCUT2D eigenvalue weighted by atomic mass is 9.88. The summed E-state index contributed by atoms with van der Waals surface area (Å²) in [5.74, 6) is 0.761. The van der Waals surface area contributed by atoms with Gasteiger partial charge in [0.25, 0.3) is 0 Å². The van der Waals surface area contributed by atoms with E-state index in [9.17, 15) is 4.79 Å². The van der Waals surface area contributed by atoms with E-state index in [-0.39, 0.29) is 17.2 Å². The fourth-order valence-electron chi connectivity index (χ4n) is 5.54. The second kappa shape index (κ2) is 9.88. The number of amides is 1. The lowest BCUT2D eigenvalue weighted by Crippen LogP contribution is -2.37. The van der Waals surface area contributed by atoms with Gasteiger partial charge in [0.05, 0.1) is 0 Å². The third kappa shape index (κ3) is 5.17. The Morgan fingerprint density at radius 1 is 0.970 bits per heavy atom. The minimum Gasteiger partial charge on any atom is -0.356 e. The molecular weight excluding hydrogens is 406 g/mol. The number of nitrogens with zero attached hydrogens (tertiary/aromatic N) is 2. The van der Waals surface area contributed by atoms with Gasteiger partial charge in [0.15, 0.2) is 0 Å². The molecule has 5 rings (SSSR count). The number of pyridine rings is 1. The molecule has 1 saturated heterocycles. The van der Waals surface area contributed by atoms with Gasteiger partial charge in [-0.05, 0) is 66.9 Å². The van der Waals surface area contributed by atoms with Crippen molar-refractivity contribution >= 4 is 5.91 Å². The molecule has 1 aliphatic carbocycles. The molecule has 1 aromatic heterocycles. The van der Waals surface area contributed by atoms with Crippen molar-refractivity contribution in [2.24, 2.45) is 11.3 Å². The number of nitrogens with one attached hydrogen (secondary N) is 1. The number of carbonyl (C=O) groups is 1. The third-order valence-corrected chi connectivity index (χ3v) is 7.62. The summed E-state index contributed by atoms with van der Waals surface area (Å²) in [4.78, 5) is 19.7. The molecule has 1 saturated carbocycles. The standard InChI is InChI=1S/C29H33N3O/c33-28(27-20-29(27)14-18-32(19-15-29)22-23-8-7-16-30-21-23)31-17-13-26(24-9-3-1-4-10-24)25-11-5-2-6-12-25/h1-12,16,21,26-27H,13-15,17-20,22H2,(H,31,33)/t27-/m1/s1. The van der Waals surface area contributed by atoms with E-state index in [1.165, 1.54) is 16.7 Å². The Morgan fingerprint density at radius 2 is 1.64 bits per heavy atom. The third-order valence-electron chi connectivity index (χ3n) is 7.62. The molecule has 1 aliphatic heterocycles. The minimum atomic E-state index is 0.199. The number of carbonyl (C=O) groups excluding carboxylic acids is 1. The van der Waals surface area contributed by atoms with E-state index in [1.54, 1.807) is 0 Å². The largest absolute Gasteiger partial charge is 0.356 e. The van der Waals surface area contributed by atoms with Crippen molar-refractivity contribution < 1.29 is 4.79 Å². The van der Waals surface area contributed by atoms with Crippen molar-refractivity contribution in [2.75, 3.05) is 19.6 Å². The summed E-state index contributed by atoms with van der Waals surface area (Å²) in [6.45, 7) is 3.82. The molecule has 0 bridgehead atoms. The zero-order valence-corrected chi connectivity index (χ0v) is 19.2. The molecule has 2 aliphatic rings. The molecule has 33 heavy (non-hydrogen) atoms. The van der Waals surface area contributed by atoms with Gasteiger partial charge in [0.1, 0.15) is 0 Å². The average Bonchev–Trinajstić information content (AvgIpc) is 3.58. The van der Waals surface area contributed by atoms with Gasteiger partial charge in [-0.15, -0.1) is 0 Å². The van der Waals surface area contributed by atoms with Crippen molar-refractivity contribution in [1.29, 1.82) is 0 Å². The van der Waals surface area contributed by atoms with E-state index in [0.717, 1.165) is 45.3 Å². The average molecular weight is 440 g/mol. The van der Waals surface area contributed by atoms with Crippen molar-refractivity contribution in [3.63, 3.8) is 0 Å². The van der Waals surface area contributed by atoms with E-state index in [2.05, 4.69) is 81.9 Å². The highest BCUT2D eigenvalue weighted by Crippen LogP contribution is 2.59. The van der Waals surface area contributed by atoms with Gasteiger partial charge in [0, 0.05) is 37.3 Å². The van der Waals surface area contributed by atoms with E-state index >= 15 is 0 Å². The second-order valence-electron chi connectivity index (χ2n) is 9.71. The van der Waals surface area contributed by atoms with Crippen molar-refractivity contribution in [1.82, 2.24) is 15.2 Å². The molecule has 3 aromatic rings. The highest BCUT2D eigenvalue weighted by Gasteiger charge is 2.58. The van der Waals surface area contributed by atoms with Crippen LogP contribution in [-0.4, -0.2) is 35.4 Å². The first-order chi connectivity index (χ1) is 16.2. The molecular formula is C29H33N3O. The van der Waals surface area contributed by atoms with Gasteiger partial charge in [-0.1, -0.05) is 66.7 Å². The number of hydrogen-bond acceptors (Lipinski definition) is 3. The summed E-state index contributed by atoms with van der Waals surface area (Å²) < 4.78 is 0. The fraction of sp³-hybridized carbons (Fsp3) is 0.379. The van der Waals surface area contributed by atoms with Crippen LogP contribution in [0.3, 0.4) is 0 Å². The van der Waals surface area contributed by atoms with E-state index in [4.69, 9.17) is 0 Å². The van der Waals surface area contributed by atoms with Crippen LogP contribution < -0.4 is 5.32 Å². The smallest absolute Gasteiger partial charge is 0.223 e. The summed E-state index contributed by atoms with van der Waals surface area (Å²) in [7, 11) is 0. The maximum Gasteiger partial charge on any atom is 0.223 e. The molecule has 2 aromatic carbocycles. The number of rotatable bonds is 8. The first kappa shape index (κ1) is 21.8. The van der Waals surface area contributed by atoms with E-state index in [0.29, 0.717) is 12.5 Å². The summed E-state index contributed by atoms with van der Waals surface area (Å²) in [5, 5.41) is 3.28. The van der Waals surface area contributed by atoms with Crippen LogP contribution in [0.25, 0.3) is 0 Å². The van der Waals surface area contributed by atoms with Crippen molar-refractivity contribution in [3.05, 3.63) is 102 Å². The summed E-state index contributed by atoms with van der Waals surface area (Å²) in [6.07, 6.45) is 8.00. The van der Waals surface area contributed by atoms with Gasteiger partial charge < -0.3 is 5.32 Å². The first-order valence-corrected chi connectivity index (χ1v) is 12.2. The molecule has 1 amide bonds. The highest BCUT2D eigenvalue weighted by molar-refractivity contribution is 5.82. The molecule has 4 nitrogen and oxygen atoms in total. The van der Waals surface area contributed by atoms with Crippen LogP contribution in [0.4, 0.5) is 0 Å². The van der Waals surface area contributed by atoms with Crippen molar-refractivity contribution in [3.8, 4) is 0 Å². The Kier molecular flexibility index (Phi) is 6.54. The maximum absolute atomic E-state index is 13.0. The lowest BCUT2D eigenvalue weighted by molar-refractivity contribution is -0.123. The van der Waals surface area contributed by atoms with Gasteiger partial charge in [-0.2, -0.15) is 0 Å². The summed E-state index contributed by atoms with van der Waals surface area (Å²) in [6, 6.07) is 25.4. The predicted octanol–water partition coefficient (Wildman–Crippen LogP) is 5.02. The maximum atomic E-state index is 13.0. The van der Waals surface area contributed by atoms with E-state index < -0.39 is 0 Å². The van der Waals surface area contributed by atoms with Crippen molar-refractivity contribution in [2.45, 2.75) is 38.1 Å². The molecule has 0 radical (unpaired) electrons. The topological polar surface area (TPSA) is 45.2 Å². The SMILES string of the molecule is O=C(NCCC(c1ccccc1)c1ccccc1)[C@H]1CC12CCN(Cc1cccnc1)CC2. The van der Waals surface area contributed by atoms with Crippen LogP contribution in [0.1, 0.15) is 48.3 Å². The van der Waals surface area contributed by atoms with Gasteiger partial charge in [-0.3, -0.25) is 14.7 Å². The number of likely N-dealkylation sites (tertiary alicyclic amines) is 1. The normalized spacial score (nSPS) is 19.5. The number of piperidine rings is 1. The Hall–Kier alpha value is -2.98. The second-order valence-corrected chi connectivity index (χ2v) is 9.71. The Labute approximate surface area is 197 Å². The summed E-state index contributed by atoms with van der Waals surface area (Å²) in [5.41, 5.74) is 4.13. The minimum absolute atomic E-state index is 0.199. The lowest BCUT2D eigenvalue weighted by Gasteiger charge is -2.32.